The standard InChI is InChI=1S/C14H23N3O3/c1-6-8-16(10-11(18)20-5)12-13(19)17(9-7-15-12)14(2,3)4/h7,9H,6,8,10H2,1-5H3. The van der Waals surface area contributed by atoms with Crippen molar-refractivity contribution in [3.05, 3.63) is 22.7 Å². The Balaban J connectivity index is 3.21. The Labute approximate surface area is 119 Å². The molecule has 0 aromatic carbocycles. The van der Waals surface area contributed by atoms with E-state index in [1.807, 2.05) is 27.7 Å². The van der Waals surface area contributed by atoms with E-state index in [9.17, 15) is 9.59 Å². The summed E-state index contributed by atoms with van der Waals surface area (Å²) in [4.78, 5) is 29.8. The van der Waals surface area contributed by atoms with Crippen LogP contribution in [0.15, 0.2) is 17.2 Å². The Hall–Kier alpha value is -1.85. The van der Waals surface area contributed by atoms with Crippen LogP contribution in [0, 0.1) is 0 Å². The third-order valence-electron chi connectivity index (χ3n) is 2.89. The largest absolute Gasteiger partial charge is 0.468 e. The average Bonchev–Trinajstić information content (AvgIpc) is 2.37. The first-order chi connectivity index (χ1) is 9.31. The Bertz CT molecular complexity index is 517. The van der Waals surface area contributed by atoms with Crippen molar-refractivity contribution in [1.29, 1.82) is 0 Å². The minimum atomic E-state index is -0.384. The third kappa shape index (κ3) is 3.82. The van der Waals surface area contributed by atoms with Crippen LogP contribution in [-0.4, -0.2) is 35.7 Å². The molecule has 0 saturated carbocycles. The lowest BCUT2D eigenvalue weighted by Crippen LogP contribution is -2.41. The maximum absolute atomic E-state index is 12.5. The number of aromatic nitrogens is 2. The molecule has 0 unspecified atom stereocenters. The predicted octanol–water partition coefficient (Wildman–Crippen LogP) is 1.39. The van der Waals surface area contributed by atoms with Gasteiger partial charge in [-0.15, -0.1) is 0 Å². The number of hydrogen-bond acceptors (Lipinski definition) is 5. The molecule has 20 heavy (non-hydrogen) atoms. The fourth-order valence-corrected chi connectivity index (χ4v) is 1.90. The molecule has 1 aromatic heterocycles. The second-order valence-corrected chi connectivity index (χ2v) is 5.59. The lowest BCUT2D eigenvalue weighted by Gasteiger charge is -2.26. The van der Waals surface area contributed by atoms with Crippen LogP contribution < -0.4 is 10.5 Å². The number of hydrogen-bond donors (Lipinski definition) is 0. The van der Waals surface area contributed by atoms with E-state index < -0.39 is 0 Å². The fraction of sp³-hybridized carbons (Fsp3) is 0.643. The molecule has 1 rings (SSSR count). The molecule has 0 N–H and O–H groups in total. The van der Waals surface area contributed by atoms with Crippen molar-refractivity contribution in [2.75, 3.05) is 25.1 Å². The topological polar surface area (TPSA) is 64.4 Å². The van der Waals surface area contributed by atoms with Gasteiger partial charge in [-0.3, -0.25) is 9.59 Å². The number of ether oxygens (including phenoxy) is 1. The molecule has 0 aliphatic carbocycles. The SMILES string of the molecule is CCCN(CC(=O)OC)c1nccn(C(C)(C)C)c1=O. The summed E-state index contributed by atoms with van der Waals surface area (Å²) >= 11 is 0. The third-order valence-corrected chi connectivity index (χ3v) is 2.89. The number of nitrogens with zero attached hydrogens (tertiary/aromatic N) is 3. The number of esters is 1. The predicted molar refractivity (Wildman–Crippen MR) is 78.0 cm³/mol. The maximum atomic E-state index is 12.5. The minimum absolute atomic E-state index is 0.0285. The van der Waals surface area contributed by atoms with Crippen molar-refractivity contribution in [3.8, 4) is 0 Å². The van der Waals surface area contributed by atoms with Gasteiger partial charge in [0.1, 0.15) is 6.54 Å². The van der Waals surface area contributed by atoms with Crippen molar-refractivity contribution in [2.45, 2.75) is 39.7 Å². The Morgan fingerprint density at radius 1 is 1.45 bits per heavy atom. The van der Waals surface area contributed by atoms with Gasteiger partial charge >= 0.3 is 5.97 Å². The summed E-state index contributed by atoms with van der Waals surface area (Å²) in [6.45, 7) is 8.43. The molecule has 112 valence electrons. The Morgan fingerprint density at radius 2 is 2.10 bits per heavy atom. The van der Waals surface area contributed by atoms with Gasteiger partial charge in [0.05, 0.1) is 7.11 Å². The number of methoxy groups -OCH3 is 1. The van der Waals surface area contributed by atoms with Crippen molar-refractivity contribution in [3.63, 3.8) is 0 Å². The van der Waals surface area contributed by atoms with E-state index in [2.05, 4.69) is 9.72 Å². The summed E-state index contributed by atoms with van der Waals surface area (Å²) in [5.74, 6) is -0.0968. The first-order valence-electron chi connectivity index (χ1n) is 6.71. The quantitative estimate of drug-likeness (QED) is 0.763. The molecule has 0 atom stereocenters. The van der Waals surface area contributed by atoms with Crippen LogP contribution in [-0.2, 0) is 15.1 Å². The first-order valence-corrected chi connectivity index (χ1v) is 6.71. The Morgan fingerprint density at radius 3 is 2.60 bits per heavy atom. The van der Waals surface area contributed by atoms with E-state index in [1.54, 1.807) is 21.9 Å². The second-order valence-electron chi connectivity index (χ2n) is 5.59. The summed E-state index contributed by atoms with van der Waals surface area (Å²) in [6.07, 6.45) is 4.05. The highest BCUT2D eigenvalue weighted by molar-refractivity contribution is 5.75. The van der Waals surface area contributed by atoms with Gasteiger partial charge in [0.15, 0.2) is 5.82 Å². The van der Waals surface area contributed by atoms with Crippen LogP contribution >= 0.6 is 0 Å². The second kappa shape index (κ2) is 6.54. The summed E-state index contributed by atoms with van der Waals surface area (Å²) in [5.41, 5.74) is -0.532. The number of anilines is 1. The highest BCUT2D eigenvalue weighted by Crippen LogP contribution is 2.12. The highest BCUT2D eigenvalue weighted by atomic mass is 16.5. The van der Waals surface area contributed by atoms with E-state index in [0.717, 1.165) is 6.42 Å². The van der Waals surface area contributed by atoms with Crippen LogP contribution in [0.4, 0.5) is 5.82 Å². The molecule has 0 bridgehead atoms. The zero-order valence-electron chi connectivity index (χ0n) is 12.8. The molecular formula is C14H23N3O3. The van der Waals surface area contributed by atoms with Gasteiger partial charge in [0.25, 0.3) is 5.56 Å². The van der Waals surface area contributed by atoms with Gasteiger partial charge in [-0.2, -0.15) is 0 Å². The molecule has 0 radical (unpaired) electrons. The fourth-order valence-electron chi connectivity index (χ4n) is 1.90. The molecule has 0 fully saturated rings. The lowest BCUT2D eigenvalue weighted by molar-refractivity contribution is -0.138. The number of carbonyl (C=O) groups is 1. The van der Waals surface area contributed by atoms with Gasteiger partial charge in [-0.05, 0) is 27.2 Å². The van der Waals surface area contributed by atoms with Gasteiger partial charge in [-0.1, -0.05) is 6.92 Å². The Kier molecular flexibility index (Phi) is 5.30. The van der Waals surface area contributed by atoms with Crippen molar-refractivity contribution < 1.29 is 9.53 Å². The van der Waals surface area contributed by atoms with Gasteiger partial charge in [0, 0.05) is 24.5 Å². The summed E-state index contributed by atoms with van der Waals surface area (Å²) in [6, 6.07) is 0. The monoisotopic (exact) mass is 281 g/mol. The van der Waals surface area contributed by atoms with Crippen LogP contribution in [0.3, 0.4) is 0 Å². The lowest BCUT2D eigenvalue weighted by atomic mass is 10.1. The van der Waals surface area contributed by atoms with Crippen LogP contribution in [0.25, 0.3) is 0 Å². The van der Waals surface area contributed by atoms with Crippen LogP contribution in [0.5, 0.6) is 0 Å². The van der Waals surface area contributed by atoms with Crippen LogP contribution in [0.1, 0.15) is 34.1 Å². The van der Waals surface area contributed by atoms with Gasteiger partial charge in [0.2, 0.25) is 0 Å². The van der Waals surface area contributed by atoms with Crippen LogP contribution in [0.2, 0.25) is 0 Å². The van der Waals surface area contributed by atoms with E-state index >= 15 is 0 Å². The zero-order valence-corrected chi connectivity index (χ0v) is 12.8. The van der Waals surface area contributed by atoms with E-state index in [1.165, 1.54) is 7.11 Å². The summed E-state index contributed by atoms with van der Waals surface area (Å²) < 4.78 is 6.29. The molecule has 6 heteroatoms. The number of carbonyl (C=O) groups excluding carboxylic acids is 1. The van der Waals surface area contributed by atoms with Gasteiger partial charge < -0.3 is 14.2 Å². The number of rotatable bonds is 5. The van der Waals surface area contributed by atoms with E-state index in [-0.39, 0.29) is 29.4 Å². The first kappa shape index (κ1) is 16.2. The maximum Gasteiger partial charge on any atom is 0.325 e. The van der Waals surface area contributed by atoms with Crippen molar-refractivity contribution >= 4 is 11.8 Å². The summed E-state index contributed by atoms with van der Waals surface area (Å²) in [5, 5.41) is 0. The van der Waals surface area contributed by atoms with Crippen molar-refractivity contribution in [1.82, 2.24) is 9.55 Å². The zero-order chi connectivity index (χ0) is 15.3. The molecule has 0 saturated heterocycles. The molecule has 1 heterocycles. The van der Waals surface area contributed by atoms with Crippen molar-refractivity contribution in [2.24, 2.45) is 0 Å². The molecule has 0 aliphatic heterocycles. The molecule has 0 amide bonds. The van der Waals surface area contributed by atoms with Gasteiger partial charge in [-0.25, -0.2) is 4.98 Å². The summed E-state index contributed by atoms with van der Waals surface area (Å²) in [7, 11) is 1.33. The smallest absolute Gasteiger partial charge is 0.325 e. The van der Waals surface area contributed by atoms with E-state index in [0.29, 0.717) is 6.54 Å². The molecule has 0 aliphatic rings. The molecule has 6 nitrogen and oxygen atoms in total. The minimum Gasteiger partial charge on any atom is -0.468 e. The molecule has 0 spiro atoms. The normalized spacial score (nSPS) is 11.2. The molecular weight excluding hydrogens is 258 g/mol. The highest BCUT2D eigenvalue weighted by Gasteiger charge is 2.21. The molecule has 1 aromatic rings. The average molecular weight is 281 g/mol. The van der Waals surface area contributed by atoms with E-state index in [4.69, 9.17) is 0 Å².